The van der Waals surface area contributed by atoms with Crippen molar-refractivity contribution in [2.75, 3.05) is 27.3 Å². The predicted molar refractivity (Wildman–Crippen MR) is 89.3 cm³/mol. The van der Waals surface area contributed by atoms with Crippen molar-refractivity contribution < 1.29 is 22.3 Å². The van der Waals surface area contributed by atoms with E-state index in [1.54, 1.807) is 19.1 Å². The van der Waals surface area contributed by atoms with Gasteiger partial charge in [-0.2, -0.15) is 4.31 Å². The van der Waals surface area contributed by atoms with Gasteiger partial charge in [-0.3, -0.25) is 0 Å². The molecule has 1 aromatic carbocycles. The molecule has 9 heteroatoms. The molecule has 0 saturated carbocycles. The fourth-order valence-corrected chi connectivity index (χ4v) is 4.59. The molecule has 1 aromatic heterocycles. The van der Waals surface area contributed by atoms with Gasteiger partial charge in [-0.05, 0) is 25.0 Å². The Morgan fingerprint density at radius 1 is 1.16 bits per heavy atom. The van der Waals surface area contributed by atoms with Gasteiger partial charge in [0.1, 0.15) is 16.4 Å². The number of nitrogens with zero attached hydrogens (tertiary/aromatic N) is 3. The first-order chi connectivity index (χ1) is 12.0. The van der Waals surface area contributed by atoms with E-state index >= 15 is 0 Å². The lowest BCUT2D eigenvalue weighted by Gasteiger charge is -2.30. The van der Waals surface area contributed by atoms with Crippen LogP contribution in [-0.2, 0) is 10.0 Å². The second kappa shape index (κ2) is 7.01. The number of piperidine rings is 1. The molecule has 3 rings (SSSR count). The Morgan fingerprint density at radius 2 is 1.88 bits per heavy atom. The van der Waals surface area contributed by atoms with E-state index < -0.39 is 10.0 Å². The molecule has 1 aliphatic rings. The third-order valence-electron chi connectivity index (χ3n) is 4.33. The van der Waals surface area contributed by atoms with E-state index in [2.05, 4.69) is 10.2 Å². The second-order valence-electron chi connectivity index (χ2n) is 5.85. The van der Waals surface area contributed by atoms with Crippen LogP contribution in [0.25, 0.3) is 0 Å². The van der Waals surface area contributed by atoms with Crippen LogP contribution in [0.3, 0.4) is 0 Å². The number of hydrogen-bond donors (Lipinski definition) is 0. The van der Waals surface area contributed by atoms with E-state index in [9.17, 15) is 8.42 Å². The number of aromatic nitrogens is 2. The number of hydrogen-bond acceptors (Lipinski definition) is 7. The molecule has 0 unspecified atom stereocenters. The van der Waals surface area contributed by atoms with Crippen molar-refractivity contribution in [1.29, 1.82) is 0 Å². The van der Waals surface area contributed by atoms with E-state index in [1.807, 2.05) is 0 Å². The van der Waals surface area contributed by atoms with Crippen molar-refractivity contribution in [2.45, 2.75) is 30.6 Å². The fraction of sp³-hybridized carbons (Fsp3) is 0.500. The van der Waals surface area contributed by atoms with Crippen molar-refractivity contribution in [3.63, 3.8) is 0 Å². The maximum Gasteiger partial charge on any atom is 0.246 e. The molecule has 0 atom stereocenters. The molecule has 8 nitrogen and oxygen atoms in total. The molecule has 0 N–H and O–H groups in total. The molecule has 0 radical (unpaired) electrons. The van der Waals surface area contributed by atoms with E-state index in [0.717, 1.165) is 0 Å². The Kier molecular flexibility index (Phi) is 4.96. The number of methoxy groups -OCH3 is 2. The van der Waals surface area contributed by atoms with Gasteiger partial charge in [-0.1, -0.05) is 0 Å². The summed E-state index contributed by atoms with van der Waals surface area (Å²) < 4.78 is 43.3. The molecule has 0 bridgehead atoms. The average Bonchev–Trinajstić information content (AvgIpc) is 3.07. The molecular formula is C16H21N3O5S. The zero-order chi connectivity index (χ0) is 18.0. The van der Waals surface area contributed by atoms with Gasteiger partial charge >= 0.3 is 0 Å². The molecule has 1 aliphatic heterocycles. The summed E-state index contributed by atoms with van der Waals surface area (Å²) in [5, 5.41) is 7.88. The first-order valence-corrected chi connectivity index (χ1v) is 9.42. The highest BCUT2D eigenvalue weighted by atomic mass is 32.2. The minimum absolute atomic E-state index is 0.0832. The van der Waals surface area contributed by atoms with Crippen molar-refractivity contribution in [2.24, 2.45) is 0 Å². The average molecular weight is 367 g/mol. The third-order valence-corrected chi connectivity index (χ3v) is 6.25. The maximum absolute atomic E-state index is 13.0. The molecule has 136 valence electrons. The van der Waals surface area contributed by atoms with Crippen LogP contribution in [0.4, 0.5) is 0 Å². The lowest BCUT2D eigenvalue weighted by Crippen LogP contribution is -2.38. The van der Waals surface area contributed by atoms with Crippen molar-refractivity contribution in [3.05, 3.63) is 30.0 Å². The number of ether oxygens (including phenoxy) is 2. The summed E-state index contributed by atoms with van der Waals surface area (Å²) in [4.78, 5) is 0.112. The van der Waals surface area contributed by atoms with E-state index in [-0.39, 0.29) is 10.8 Å². The smallest absolute Gasteiger partial charge is 0.246 e. The zero-order valence-corrected chi connectivity index (χ0v) is 15.2. The summed E-state index contributed by atoms with van der Waals surface area (Å²) in [7, 11) is -0.731. The Morgan fingerprint density at radius 3 is 2.44 bits per heavy atom. The summed E-state index contributed by atoms with van der Waals surface area (Å²) in [5.41, 5.74) is 0. The Bertz CT molecular complexity index is 841. The molecule has 0 spiro atoms. The SMILES string of the molecule is COc1ccc(OC)c(S(=O)(=O)N2CCC(c3nnc(C)o3)CC2)c1. The van der Waals surface area contributed by atoms with Crippen LogP contribution >= 0.6 is 0 Å². The highest BCUT2D eigenvalue weighted by Crippen LogP contribution is 2.34. The van der Waals surface area contributed by atoms with Crippen LogP contribution in [0.1, 0.15) is 30.5 Å². The lowest BCUT2D eigenvalue weighted by molar-refractivity contribution is 0.286. The van der Waals surface area contributed by atoms with Gasteiger partial charge in [-0.25, -0.2) is 8.42 Å². The van der Waals surface area contributed by atoms with Gasteiger partial charge in [0.25, 0.3) is 0 Å². The standard InChI is InChI=1S/C16H21N3O5S/c1-11-17-18-16(24-11)12-6-8-19(9-7-12)25(20,21)15-10-13(22-2)4-5-14(15)23-3/h4-5,10,12H,6-9H2,1-3H3. The quantitative estimate of drug-likeness (QED) is 0.797. The summed E-state index contributed by atoms with van der Waals surface area (Å²) >= 11 is 0. The van der Waals surface area contributed by atoms with Gasteiger partial charge < -0.3 is 13.9 Å². The molecule has 2 aromatic rings. The second-order valence-corrected chi connectivity index (χ2v) is 7.76. The lowest BCUT2D eigenvalue weighted by atomic mass is 9.98. The Hall–Kier alpha value is -2.13. The Balaban J connectivity index is 1.80. The van der Waals surface area contributed by atoms with Gasteiger partial charge in [0.05, 0.1) is 14.2 Å². The van der Waals surface area contributed by atoms with Gasteiger partial charge in [0.2, 0.25) is 21.8 Å². The van der Waals surface area contributed by atoms with E-state index in [4.69, 9.17) is 13.9 Å². The summed E-state index contributed by atoms with van der Waals surface area (Å²) in [6.45, 7) is 2.51. The van der Waals surface area contributed by atoms with Crippen molar-refractivity contribution in [3.8, 4) is 11.5 Å². The van der Waals surface area contributed by atoms with Crippen LogP contribution in [0, 0.1) is 6.92 Å². The molecule has 2 heterocycles. The number of sulfonamides is 1. The Labute approximate surface area is 146 Å². The number of aryl methyl sites for hydroxylation is 1. The van der Waals surface area contributed by atoms with Gasteiger partial charge in [0, 0.05) is 32.0 Å². The maximum atomic E-state index is 13.0. The first kappa shape index (κ1) is 17.7. The van der Waals surface area contributed by atoms with Crippen LogP contribution in [-0.4, -0.2) is 50.2 Å². The highest BCUT2D eigenvalue weighted by molar-refractivity contribution is 7.89. The van der Waals surface area contributed by atoms with E-state index in [1.165, 1.54) is 24.6 Å². The molecule has 25 heavy (non-hydrogen) atoms. The topological polar surface area (TPSA) is 94.8 Å². The first-order valence-electron chi connectivity index (χ1n) is 7.98. The number of rotatable bonds is 5. The fourth-order valence-electron chi connectivity index (χ4n) is 2.94. The summed E-state index contributed by atoms with van der Waals surface area (Å²) in [6.07, 6.45) is 1.26. The van der Waals surface area contributed by atoms with Gasteiger partial charge in [-0.15, -0.1) is 10.2 Å². The predicted octanol–water partition coefficient (Wildman–Crippen LogP) is 1.96. The molecule has 0 amide bonds. The molecular weight excluding hydrogens is 346 g/mol. The summed E-state index contributed by atoms with van der Waals surface area (Å²) in [6, 6.07) is 4.75. The van der Waals surface area contributed by atoms with Crippen molar-refractivity contribution in [1.82, 2.24) is 14.5 Å². The number of benzene rings is 1. The molecule has 0 aliphatic carbocycles. The monoisotopic (exact) mass is 367 g/mol. The highest BCUT2D eigenvalue weighted by Gasteiger charge is 2.33. The zero-order valence-electron chi connectivity index (χ0n) is 14.4. The third kappa shape index (κ3) is 3.47. The minimum Gasteiger partial charge on any atom is -0.497 e. The van der Waals surface area contributed by atoms with Crippen LogP contribution in [0.5, 0.6) is 11.5 Å². The minimum atomic E-state index is -3.68. The van der Waals surface area contributed by atoms with E-state index in [0.29, 0.717) is 49.2 Å². The molecule has 1 saturated heterocycles. The van der Waals surface area contributed by atoms with Crippen LogP contribution in [0.2, 0.25) is 0 Å². The normalized spacial score (nSPS) is 16.8. The van der Waals surface area contributed by atoms with Crippen LogP contribution in [0.15, 0.2) is 27.5 Å². The summed E-state index contributed by atoms with van der Waals surface area (Å²) in [5.74, 6) is 1.95. The largest absolute Gasteiger partial charge is 0.497 e. The van der Waals surface area contributed by atoms with Crippen molar-refractivity contribution >= 4 is 10.0 Å². The van der Waals surface area contributed by atoms with Gasteiger partial charge in [0.15, 0.2) is 0 Å². The van der Waals surface area contributed by atoms with Crippen LogP contribution < -0.4 is 9.47 Å². The molecule has 1 fully saturated rings.